The normalized spacial score (nSPS) is 55.3. The molecule has 6 rings (SSSR count). The van der Waals surface area contributed by atoms with Crippen molar-refractivity contribution in [3.63, 3.8) is 0 Å². The van der Waals surface area contributed by atoms with Crippen LogP contribution in [-0.2, 0) is 23.7 Å². The molecule has 0 radical (unpaired) electrons. The van der Waals surface area contributed by atoms with Gasteiger partial charge >= 0.3 is 5.97 Å². The summed E-state index contributed by atoms with van der Waals surface area (Å²) in [5.41, 5.74) is -1.43. The number of aliphatic hydroxyl groups excluding tert-OH is 2. The van der Waals surface area contributed by atoms with Gasteiger partial charge in [-0.25, -0.2) is 4.79 Å². The number of carbonyl (C=O) groups excluding carboxylic acids is 1. The number of carbonyl (C=O) groups is 1. The maximum absolute atomic E-state index is 12.4. The summed E-state index contributed by atoms with van der Waals surface area (Å²) in [7, 11) is 1.45. The van der Waals surface area contributed by atoms with Crippen LogP contribution >= 0.6 is 0 Å². The Labute approximate surface area is 230 Å². The first kappa shape index (κ1) is 28.1. The number of rotatable bonds is 4. The summed E-state index contributed by atoms with van der Waals surface area (Å²) in [6.45, 7) is 6.48. The molecular formula is C30H46O9. The quantitative estimate of drug-likeness (QED) is 0.307. The first-order valence-electron chi connectivity index (χ1n) is 14.9. The lowest BCUT2D eigenvalue weighted by molar-refractivity contribution is -0.321. The second-order valence-electron chi connectivity index (χ2n) is 13.9. The number of hydrogen-bond acceptors (Lipinski definition) is 9. The Bertz CT molecular complexity index is 1020. The van der Waals surface area contributed by atoms with Crippen molar-refractivity contribution in [1.29, 1.82) is 0 Å². The Morgan fingerprint density at radius 2 is 1.67 bits per heavy atom. The zero-order valence-corrected chi connectivity index (χ0v) is 23.7. The van der Waals surface area contributed by atoms with Crippen LogP contribution in [0.1, 0.15) is 78.6 Å². The van der Waals surface area contributed by atoms with Gasteiger partial charge in [-0.2, -0.15) is 0 Å². The van der Waals surface area contributed by atoms with E-state index in [0.29, 0.717) is 32.3 Å². The van der Waals surface area contributed by atoms with Crippen LogP contribution < -0.4 is 0 Å². The predicted molar refractivity (Wildman–Crippen MR) is 139 cm³/mol. The minimum Gasteiger partial charge on any atom is -0.458 e. The lowest BCUT2D eigenvalue weighted by Gasteiger charge is -2.66. The Hall–Kier alpha value is -1.07. The summed E-state index contributed by atoms with van der Waals surface area (Å²) >= 11 is 0. The van der Waals surface area contributed by atoms with Crippen LogP contribution in [0, 0.1) is 28.6 Å². The van der Waals surface area contributed by atoms with E-state index in [1.54, 1.807) is 13.0 Å². The zero-order valence-electron chi connectivity index (χ0n) is 23.7. The topological polar surface area (TPSA) is 135 Å². The molecule has 0 aromatic carbocycles. The summed E-state index contributed by atoms with van der Waals surface area (Å²) < 4.78 is 22.6. The molecular weight excluding hydrogens is 504 g/mol. The smallest absolute Gasteiger partial charge is 0.331 e. The van der Waals surface area contributed by atoms with Gasteiger partial charge in [0.15, 0.2) is 6.29 Å². The monoisotopic (exact) mass is 550 g/mol. The van der Waals surface area contributed by atoms with Crippen molar-refractivity contribution >= 4 is 5.97 Å². The van der Waals surface area contributed by atoms with Crippen molar-refractivity contribution in [2.45, 2.75) is 127 Å². The molecule has 5 fully saturated rings. The highest BCUT2D eigenvalue weighted by atomic mass is 16.7. The Morgan fingerprint density at radius 1 is 0.949 bits per heavy atom. The van der Waals surface area contributed by atoms with Gasteiger partial charge in [-0.3, -0.25) is 0 Å². The molecule has 6 aliphatic rings. The fourth-order valence-corrected chi connectivity index (χ4v) is 10.1. The van der Waals surface area contributed by atoms with Crippen LogP contribution in [0.5, 0.6) is 0 Å². The first-order chi connectivity index (χ1) is 18.4. The summed E-state index contributed by atoms with van der Waals surface area (Å²) in [5, 5.41) is 45.7. The van der Waals surface area contributed by atoms with Crippen molar-refractivity contribution in [3.05, 3.63) is 11.6 Å². The van der Waals surface area contributed by atoms with E-state index < -0.39 is 41.9 Å². The molecule has 220 valence electrons. The number of hydrogen-bond donors (Lipinski definition) is 4. The van der Waals surface area contributed by atoms with Crippen LogP contribution in [0.15, 0.2) is 11.6 Å². The summed E-state index contributed by atoms with van der Waals surface area (Å²) in [4.78, 5) is 11.8. The van der Waals surface area contributed by atoms with Crippen molar-refractivity contribution < 1.29 is 44.2 Å². The van der Waals surface area contributed by atoms with Gasteiger partial charge in [-0.1, -0.05) is 13.8 Å². The van der Waals surface area contributed by atoms with Crippen LogP contribution in [0.4, 0.5) is 0 Å². The highest BCUT2D eigenvalue weighted by Gasteiger charge is 2.70. The first-order valence-corrected chi connectivity index (χ1v) is 14.9. The van der Waals surface area contributed by atoms with E-state index in [2.05, 4.69) is 13.8 Å². The summed E-state index contributed by atoms with van der Waals surface area (Å²) in [6, 6.07) is 0. The largest absolute Gasteiger partial charge is 0.458 e. The molecule has 5 unspecified atom stereocenters. The fraction of sp³-hybridized carbons (Fsp3) is 0.900. The molecule has 2 aliphatic heterocycles. The molecule has 13 atom stereocenters. The van der Waals surface area contributed by atoms with Crippen LogP contribution in [-0.4, -0.2) is 88.1 Å². The molecule has 1 saturated heterocycles. The second-order valence-corrected chi connectivity index (χ2v) is 13.9. The summed E-state index contributed by atoms with van der Waals surface area (Å²) in [6.07, 6.45) is 3.58. The standard InChI is InChI=1S/C30H46O9/c1-16-23(32)25(36-4)24(33)26(38-16)39-18-5-9-27(2)20-6-10-28(3)19(17-13-22(31)37-15-17)8-12-30(28,35)21(20)7-11-29(27,34)14-18/h13,16,18-21,23-26,32-35H,5-12,14-15H2,1-4H3/t16?,18-,19+,20?,21?,23-,24?,25?,26-,27+,28+,29-,30-/m0/s1. The minimum absolute atomic E-state index is 0.0934. The predicted octanol–water partition coefficient (Wildman–Crippen LogP) is 2.23. The molecule has 39 heavy (non-hydrogen) atoms. The SMILES string of the molecule is COC1C(O)[C@H](O[C@H]2CC[C@]3(C)C4CC[C@]5(C)[C@@H](C6=CC(=O)OC6)CC[C@]5(O)C4CC[C@]3(O)C2)OC(C)[C@@H]1O. The third-order valence-corrected chi connectivity index (χ3v) is 12.5. The van der Waals surface area contributed by atoms with E-state index in [1.165, 1.54) is 7.11 Å². The fourth-order valence-electron chi connectivity index (χ4n) is 10.1. The maximum atomic E-state index is 12.4. The second kappa shape index (κ2) is 9.48. The third kappa shape index (κ3) is 3.94. The Morgan fingerprint density at radius 3 is 2.36 bits per heavy atom. The van der Waals surface area contributed by atoms with Gasteiger partial charge in [-0.05, 0) is 87.0 Å². The van der Waals surface area contributed by atoms with Gasteiger partial charge in [-0.15, -0.1) is 0 Å². The van der Waals surface area contributed by atoms with E-state index in [1.807, 2.05) is 0 Å². The van der Waals surface area contributed by atoms with E-state index in [9.17, 15) is 25.2 Å². The van der Waals surface area contributed by atoms with Crippen molar-refractivity contribution in [3.8, 4) is 0 Å². The van der Waals surface area contributed by atoms with E-state index in [-0.39, 0.29) is 40.7 Å². The Kier molecular flexibility index (Phi) is 6.82. The van der Waals surface area contributed by atoms with Crippen molar-refractivity contribution in [2.24, 2.45) is 28.6 Å². The number of aliphatic hydroxyl groups is 4. The molecule has 2 heterocycles. The molecule has 0 bridgehead atoms. The molecule has 0 aromatic rings. The van der Waals surface area contributed by atoms with Gasteiger partial charge in [0, 0.05) is 25.0 Å². The van der Waals surface area contributed by atoms with Gasteiger partial charge in [0.1, 0.15) is 24.9 Å². The lowest BCUT2D eigenvalue weighted by Crippen LogP contribution is -2.67. The average molecular weight is 551 g/mol. The van der Waals surface area contributed by atoms with E-state index >= 15 is 0 Å². The van der Waals surface area contributed by atoms with E-state index in [4.69, 9.17) is 18.9 Å². The molecule has 9 nitrogen and oxygen atoms in total. The van der Waals surface area contributed by atoms with Crippen molar-refractivity contribution in [2.75, 3.05) is 13.7 Å². The van der Waals surface area contributed by atoms with Crippen LogP contribution in [0.2, 0.25) is 0 Å². The van der Waals surface area contributed by atoms with Crippen LogP contribution in [0.3, 0.4) is 0 Å². The minimum atomic E-state index is -1.13. The molecule has 0 aromatic heterocycles. The molecule has 4 saturated carbocycles. The maximum Gasteiger partial charge on any atom is 0.331 e. The molecule has 4 N–H and O–H groups in total. The van der Waals surface area contributed by atoms with Gasteiger partial charge in [0.2, 0.25) is 0 Å². The molecule has 4 aliphatic carbocycles. The number of methoxy groups -OCH3 is 1. The lowest BCUT2D eigenvalue weighted by atomic mass is 9.42. The van der Waals surface area contributed by atoms with Crippen LogP contribution in [0.25, 0.3) is 0 Å². The molecule has 0 spiro atoms. The van der Waals surface area contributed by atoms with E-state index in [0.717, 1.165) is 37.7 Å². The number of fused-ring (bicyclic) bond motifs is 5. The number of cyclic esters (lactones) is 1. The molecule has 9 heteroatoms. The highest BCUT2D eigenvalue weighted by molar-refractivity contribution is 5.85. The van der Waals surface area contributed by atoms with Gasteiger partial charge in [0.05, 0.1) is 23.4 Å². The zero-order chi connectivity index (χ0) is 28.0. The van der Waals surface area contributed by atoms with Crippen molar-refractivity contribution in [1.82, 2.24) is 0 Å². The summed E-state index contributed by atoms with van der Waals surface area (Å²) in [5.74, 6) is 0.151. The highest BCUT2D eigenvalue weighted by Crippen LogP contribution is 2.70. The third-order valence-electron chi connectivity index (χ3n) is 12.5. The number of esters is 1. The Balaban J connectivity index is 1.19. The van der Waals surface area contributed by atoms with Gasteiger partial charge < -0.3 is 39.4 Å². The van der Waals surface area contributed by atoms with Gasteiger partial charge in [0.25, 0.3) is 0 Å². The number of ether oxygens (including phenoxy) is 4. The average Bonchev–Trinajstić information content (AvgIpc) is 3.43. The molecule has 0 amide bonds.